The number of aliphatic hydroxyl groups excluding tert-OH is 1. The predicted octanol–water partition coefficient (Wildman–Crippen LogP) is 2.37. The van der Waals surface area contributed by atoms with Gasteiger partial charge in [-0.05, 0) is 43.2 Å². The Morgan fingerprint density at radius 2 is 2.12 bits per heavy atom. The molecule has 0 unspecified atom stereocenters. The zero-order chi connectivity index (χ0) is 17.8. The fourth-order valence-corrected chi connectivity index (χ4v) is 2.97. The van der Waals surface area contributed by atoms with Gasteiger partial charge in [0.05, 0.1) is 19.4 Å². The number of nitrogens with two attached hydrogens (primary N) is 1. The molecule has 3 aromatic rings. The van der Waals surface area contributed by atoms with Gasteiger partial charge in [-0.2, -0.15) is 0 Å². The lowest BCUT2D eigenvalue weighted by Crippen LogP contribution is -2.28. The van der Waals surface area contributed by atoms with E-state index in [9.17, 15) is 5.11 Å². The summed E-state index contributed by atoms with van der Waals surface area (Å²) in [6.07, 6.45) is 2.91. The summed E-state index contributed by atoms with van der Waals surface area (Å²) in [5.74, 6) is 1.32. The lowest BCUT2D eigenvalue weighted by molar-refractivity contribution is 0.279. The fraction of sp³-hybridized carbons (Fsp3) is 0.316. The van der Waals surface area contributed by atoms with Crippen LogP contribution < -0.4 is 15.8 Å². The van der Waals surface area contributed by atoms with Gasteiger partial charge in [-0.1, -0.05) is 6.07 Å². The van der Waals surface area contributed by atoms with E-state index in [1.165, 1.54) is 10.9 Å². The first-order valence-corrected chi connectivity index (χ1v) is 8.33. The van der Waals surface area contributed by atoms with Crippen LogP contribution >= 0.6 is 0 Å². The zero-order valence-corrected chi connectivity index (χ0v) is 14.5. The number of benzene rings is 1. The number of nitrogen functional groups attached to an aromatic ring is 1. The number of nitrogens with one attached hydrogen (secondary N) is 2. The molecule has 1 atom stereocenters. The van der Waals surface area contributed by atoms with Crippen molar-refractivity contribution in [2.45, 2.75) is 32.5 Å². The highest BCUT2D eigenvalue weighted by atomic mass is 16.5. The molecule has 2 aromatic heterocycles. The molecule has 132 valence electrons. The molecule has 0 fully saturated rings. The normalized spacial score (nSPS) is 12.4. The maximum Gasteiger partial charge on any atom is 0.123 e. The molecule has 0 bridgehead atoms. The van der Waals surface area contributed by atoms with Crippen molar-refractivity contribution < 1.29 is 9.84 Å². The molecule has 2 heterocycles. The van der Waals surface area contributed by atoms with E-state index in [0.717, 1.165) is 28.9 Å². The molecule has 6 heteroatoms. The predicted molar refractivity (Wildman–Crippen MR) is 99.4 cm³/mol. The second kappa shape index (κ2) is 7.55. The van der Waals surface area contributed by atoms with Crippen molar-refractivity contribution in [3.05, 3.63) is 53.3 Å². The van der Waals surface area contributed by atoms with Gasteiger partial charge in [-0.25, -0.2) is 4.98 Å². The minimum absolute atomic E-state index is 0.0408. The lowest BCUT2D eigenvalue weighted by Gasteiger charge is -2.15. The number of aromatic amines is 1. The van der Waals surface area contributed by atoms with Crippen molar-refractivity contribution in [3.8, 4) is 5.75 Å². The fourth-order valence-electron chi connectivity index (χ4n) is 2.97. The van der Waals surface area contributed by atoms with Crippen LogP contribution in [0.5, 0.6) is 5.75 Å². The number of rotatable bonds is 7. The summed E-state index contributed by atoms with van der Waals surface area (Å²) in [7, 11) is 1.68. The van der Waals surface area contributed by atoms with Gasteiger partial charge in [0.15, 0.2) is 0 Å². The van der Waals surface area contributed by atoms with E-state index in [-0.39, 0.29) is 12.6 Å². The molecule has 0 saturated heterocycles. The van der Waals surface area contributed by atoms with Gasteiger partial charge in [-0.3, -0.25) is 0 Å². The van der Waals surface area contributed by atoms with Crippen LogP contribution in [0.1, 0.15) is 23.7 Å². The number of hydrogen-bond acceptors (Lipinski definition) is 5. The molecule has 0 aliphatic heterocycles. The highest BCUT2D eigenvalue weighted by Crippen LogP contribution is 2.24. The highest BCUT2D eigenvalue weighted by molar-refractivity contribution is 5.84. The van der Waals surface area contributed by atoms with E-state index in [1.807, 2.05) is 24.4 Å². The Kier molecular flexibility index (Phi) is 5.21. The van der Waals surface area contributed by atoms with Crippen molar-refractivity contribution in [2.24, 2.45) is 0 Å². The van der Waals surface area contributed by atoms with Crippen molar-refractivity contribution in [3.63, 3.8) is 0 Å². The van der Waals surface area contributed by atoms with E-state index in [0.29, 0.717) is 12.4 Å². The molecule has 0 aliphatic carbocycles. The number of anilines is 1. The van der Waals surface area contributed by atoms with Gasteiger partial charge >= 0.3 is 0 Å². The number of ether oxygens (including phenoxy) is 1. The molecule has 5 N–H and O–H groups in total. The summed E-state index contributed by atoms with van der Waals surface area (Å²) in [6.45, 7) is 2.65. The van der Waals surface area contributed by atoms with E-state index < -0.39 is 0 Å². The third-order valence-corrected chi connectivity index (χ3v) is 4.38. The Bertz CT molecular complexity index is 860. The van der Waals surface area contributed by atoms with Crippen molar-refractivity contribution in [1.82, 2.24) is 15.3 Å². The summed E-state index contributed by atoms with van der Waals surface area (Å²) in [6, 6.07) is 9.79. The first-order chi connectivity index (χ1) is 12.1. The van der Waals surface area contributed by atoms with E-state index in [2.05, 4.69) is 28.3 Å². The van der Waals surface area contributed by atoms with E-state index in [1.54, 1.807) is 13.2 Å². The molecule has 0 saturated carbocycles. The summed E-state index contributed by atoms with van der Waals surface area (Å²) >= 11 is 0. The largest absolute Gasteiger partial charge is 0.497 e. The third-order valence-electron chi connectivity index (χ3n) is 4.38. The maximum atomic E-state index is 9.43. The van der Waals surface area contributed by atoms with Crippen LogP contribution in [0.4, 0.5) is 5.82 Å². The number of fused-ring (bicyclic) bond motifs is 1. The van der Waals surface area contributed by atoms with Gasteiger partial charge in [0.2, 0.25) is 0 Å². The Morgan fingerprint density at radius 3 is 2.88 bits per heavy atom. The molecule has 0 amide bonds. The monoisotopic (exact) mass is 340 g/mol. The Hall–Kier alpha value is -2.57. The minimum atomic E-state index is -0.0408. The molecule has 25 heavy (non-hydrogen) atoms. The number of hydrogen-bond donors (Lipinski definition) is 4. The Balaban J connectivity index is 1.69. The highest BCUT2D eigenvalue weighted by Gasteiger charge is 2.11. The first kappa shape index (κ1) is 17.3. The van der Waals surface area contributed by atoms with Crippen LogP contribution in [-0.4, -0.2) is 28.2 Å². The second-order valence-corrected chi connectivity index (χ2v) is 6.21. The number of methoxy groups -OCH3 is 1. The molecule has 6 nitrogen and oxygen atoms in total. The van der Waals surface area contributed by atoms with Crippen LogP contribution in [-0.2, 0) is 19.6 Å². The summed E-state index contributed by atoms with van der Waals surface area (Å²) in [4.78, 5) is 7.62. The standard InChI is InChI=1S/C19H24N4O2/c1-12(21-10-18-13(11-24)3-6-19(20)23-18)7-14-9-22-17-5-4-15(25-2)8-16(14)17/h3-6,8-9,12,21-22,24H,7,10-11H2,1-2H3,(H2,20,23)/t12-/m0/s1. The van der Waals surface area contributed by atoms with Crippen molar-refractivity contribution >= 4 is 16.7 Å². The molecule has 0 spiro atoms. The summed E-state index contributed by atoms with van der Waals surface area (Å²) < 4.78 is 5.32. The number of aliphatic hydroxyl groups is 1. The topological polar surface area (TPSA) is 96.2 Å². The summed E-state index contributed by atoms with van der Waals surface area (Å²) in [5, 5.41) is 14.1. The van der Waals surface area contributed by atoms with Gasteiger partial charge in [0, 0.05) is 35.2 Å². The lowest BCUT2D eigenvalue weighted by atomic mass is 10.1. The molecular weight excluding hydrogens is 316 g/mol. The Morgan fingerprint density at radius 1 is 1.28 bits per heavy atom. The van der Waals surface area contributed by atoms with Gasteiger partial charge in [0.1, 0.15) is 11.6 Å². The van der Waals surface area contributed by atoms with Gasteiger partial charge < -0.3 is 25.9 Å². The zero-order valence-electron chi connectivity index (χ0n) is 14.5. The quantitative estimate of drug-likeness (QED) is 0.529. The number of nitrogens with zero attached hydrogens (tertiary/aromatic N) is 1. The Labute approximate surface area is 147 Å². The second-order valence-electron chi connectivity index (χ2n) is 6.21. The van der Waals surface area contributed by atoms with Gasteiger partial charge in [0.25, 0.3) is 0 Å². The molecular formula is C19H24N4O2. The van der Waals surface area contributed by atoms with E-state index >= 15 is 0 Å². The molecule has 3 rings (SSSR count). The smallest absolute Gasteiger partial charge is 0.123 e. The van der Waals surface area contributed by atoms with Crippen molar-refractivity contribution in [2.75, 3.05) is 12.8 Å². The van der Waals surface area contributed by atoms with Crippen LogP contribution in [0, 0.1) is 0 Å². The molecule has 0 radical (unpaired) electrons. The molecule has 0 aliphatic rings. The van der Waals surface area contributed by atoms with Crippen LogP contribution in [0.2, 0.25) is 0 Å². The number of aromatic nitrogens is 2. The average Bonchev–Trinajstić information content (AvgIpc) is 3.02. The number of H-pyrrole nitrogens is 1. The van der Waals surface area contributed by atoms with Crippen LogP contribution in [0.15, 0.2) is 36.5 Å². The van der Waals surface area contributed by atoms with Crippen molar-refractivity contribution in [1.29, 1.82) is 0 Å². The minimum Gasteiger partial charge on any atom is -0.497 e. The van der Waals surface area contributed by atoms with E-state index in [4.69, 9.17) is 10.5 Å². The van der Waals surface area contributed by atoms with Gasteiger partial charge in [-0.15, -0.1) is 0 Å². The molecule has 1 aromatic carbocycles. The summed E-state index contributed by atoms with van der Waals surface area (Å²) in [5.41, 5.74) is 9.67. The SMILES string of the molecule is COc1ccc2[nH]cc(C[C@H](C)NCc3nc(N)ccc3CO)c2c1. The first-order valence-electron chi connectivity index (χ1n) is 8.33. The third kappa shape index (κ3) is 3.92. The average molecular weight is 340 g/mol. The van der Waals surface area contributed by atoms with Crippen LogP contribution in [0.25, 0.3) is 10.9 Å². The number of pyridine rings is 1. The van der Waals surface area contributed by atoms with Crippen LogP contribution in [0.3, 0.4) is 0 Å². The maximum absolute atomic E-state index is 9.43.